The maximum Gasteiger partial charge on any atom is 0.257 e. The van der Waals surface area contributed by atoms with Crippen LogP contribution in [0.5, 0.6) is 0 Å². The SMILES string of the molecule is CCC/C=C(C)\C(C1=CC2NC=C(CCC)C(=O)N2C=C1C)=C(\C)N. The number of nitrogens with two attached hydrogens (primary N) is 1. The molecule has 2 aliphatic rings. The van der Waals surface area contributed by atoms with Gasteiger partial charge in [-0.05, 0) is 56.4 Å². The molecule has 136 valence electrons. The molecule has 1 amide bonds. The summed E-state index contributed by atoms with van der Waals surface area (Å²) in [5, 5.41) is 3.35. The number of carbonyl (C=O) groups is 1. The Morgan fingerprint density at radius 2 is 2.04 bits per heavy atom. The van der Waals surface area contributed by atoms with Gasteiger partial charge in [-0.15, -0.1) is 0 Å². The van der Waals surface area contributed by atoms with E-state index in [-0.39, 0.29) is 12.1 Å². The molecule has 0 spiro atoms. The molecule has 0 aliphatic carbocycles. The van der Waals surface area contributed by atoms with E-state index in [4.69, 9.17) is 5.73 Å². The fourth-order valence-electron chi connectivity index (χ4n) is 3.38. The Morgan fingerprint density at radius 3 is 2.64 bits per heavy atom. The molecule has 25 heavy (non-hydrogen) atoms. The van der Waals surface area contributed by atoms with Crippen LogP contribution in [-0.4, -0.2) is 17.0 Å². The lowest BCUT2D eigenvalue weighted by molar-refractivity contribution is -0.127. The average molecular weight is 341 g/mol. The molecule has 0 aromatic heterocycles. The van der Waals surface area contributed by atoms with Gasteiger partial charge in [-0.2, -0.15) is 0 Å². The monoisotopic (exact) mass is 341 g/mol. The molecule has 4 heteroatoms. The van der Waals surface area contributed by atoms with E-state index in [2.05, 4.69) is 38.2 Å². The number of nitrogens with zero attached hydrogens (tertiary/aromatic N) is 1. The largest absolute Gasteiger partial charge is 0.402 e. The number of rotatable bonds is 6. The summed E-state index contributed by atoms with van der Waals surface area (Å²) in [6.45, 7) is 10.4. The van der Waals surface area contributed by atoms with E-state index >= 15 is 0 Å². The Hall–Kier alpha value is -2.23. The van der Waals surface area contributed by atoms with Crippen LogP contribution in [0.2, 0.25) is 0 Å². The Kier molecular flexibility index (Phi) is 6.29. The van der Waals surface area contributed by atoms with Crippen LogP contribution in [0.3, 0.4) is 0 Å². The highest BCUT2D eigenvalue weighted by Gasteiger charge is 2.31. The predicted molar refractivity (Wildman–Crippen MR) is 104 cm³/mol. The summed E-state index contributed by atoms with van der Waals surface area (Å²) in [6, 6.07) is 0. The van der Waals surface area contributed by atoms with Crippen molar-refractivity contribution in [1.29, 1.82) is 0 Å². The Bertz CT molecular complexity index is 688. The minimum absolute atomic E-state index is 0.0912. The standard InChI is InChI=1S/C21H31N3O/c1-6-8-10-14(3)20(16(5)22)18-11-19-23-12-17(9-7-2)21(25)24(19)13-15(18)4/h10-13,19,23H,6-9,22H2,1-5H3/b14-10-,20-16+. The molecule has 0 aromatic carbocycles. The summed E-state index contributed by atoms with van der Waals surface area (Å²) in [6.07, 6.45) is 11.9. The van der Waals surface area contributed by atoms with Gasteiger partial charge < -0.3 is 11.1 Å². The topological polar surface area (TPSA) is 58.4 Å². The quantitative estimate of drug-likeness (QED) is 0.710. The van der Waals surface area contributed by atoms with E-state index in [0.717, 1.165) is 53.7 Å². The van der Waals surface area contributed by atoms with Crippen LogP contribution in [-0.2, 0) is 4.79 Å². The van der Waals surface area contributed by atoms with Crippen LogP contribution in [0.15, 0.2) is 58.1 Å². The summed E-state index contributed by atoms with van der Waals surface area (Å²) in [5.41, 5.74) is 12.3. The lowest BCUT2D eigenvalue weighted by Gasteiger charge is -2.36. The minimum atomic E-state index is -0.153. The zero-order chi connectivity index (χ0) is 18.6. The minimum Gasteiger partial charge on any atom is -0.402 e. The molecule has 2 heterocycles. The Morgan fingerprint density at radius 1 is 1.32 bits per heavy atom. The molecule has 2 aliphatic heterocycles. The third-order valence-corrected chi connectivity index (χ3v) is 4.64. The average Bonchev–Trinajstić information content (AvgIpc) is 2.57. The van der Waals surface area contributed by atoms with E-state index < -0.39 is 0 Å². The normalized spacial score (nSPS) is 21.7. The first-order valence-electron chi connectivity index (χ1n) is 9.22. The fraction of sp³-hybridized carbons (Fsp3) is 0.476. The van der Waals surface area contributed by atoms with Crippen molar-refractivity contribution in [3.8, 4) is 0 Å². The number of hydrogen-bond acceptors (Lipinski definition) is 3. The van der Waals surface area contributed by atoms with Gasteiger partial charge in [0.25, 0.3) is 5.91 Å². The highest BCUT2D eigenvalue weighted by atomic mass is 16.2. The van der Waals surface area contributed by atoms with Crippen LogP contribution in [0.25, 0.3) is 0 Å². The molecular weight excluding hydrogens is 310 g/mol. The lowest BCUT2D eigenvalue weighted by atomic mass is 9.88. The number of amides is 1. The molecule has 1 atom stereocenters. The maximum atomic E-state index is 12.7. The Labute approximate surface area is 151 Å². The molecule has 0 saturated carbocycles. The second kappa shape index (κ2) is 8.24. The van der Waals surface area contributed by atoms with E-state index in [9.17, 15) is 4.79 Å². The molecule has 2 rings (SSSR count). The molecule has 0 fully saturated rings. The number of hydrogen-bond donors (Lipinski definition) is 2. The van der Waals surface area contributed by atoms with Gasteiger partial charge in [-0.1, -0.05) is 32.8 Å². The number of nitrogens with one attached hydrogen (secondary N) is 1. The molecule has 0 bridgehead atoms. The van der Waals surface area contributed by atoms with Crippen molar-refractivity contribution in [1.82, 2.24) is 10.2 Å². The van der Waals surface area contributed by atoms with Crippen molar-refractivity contribution in [3.63, 3.8) is 0 Å². The zero-order valence-electron chi connectivity index (χ0n) is 16.1. The summed E-state index contributed by atoms with van der Waals surface area (Å²) in [7, 11) is 0. The first-order valence-corrected chi connectivity index (χ1v) is 9.22. The van der Waals surface area contributed by atoms with Gasteiger partial charge in [0.15, 0.2) is 0 Å². The lowest BCUT2D eigenvalue weighted by Crippen LogP contribution is -2.49. The number of fused-ring (bicyclic) bond motifs is 1. The third kappa shape index (κ3) is 4.06. The van der Waals surface area contributed by atoms with E-state index in [1.165, 1.54) is 5.57 Å². The molecule has 0 saturated heterocycles. The molecule has 0 radical (unpaired) electrons. The van der Waals surface area contributed by atoms with Gasteiger partial charge in [-0.3, -0.25) is 9.69 Å². The summed E-state index contributed by atoms with van der Waals surface area (Å²) in [5.74, 6) is 0.0912. The molecular formula is C21H31N3O. The number of carbonyl (C=O) groups excluding carboxylic acids is 1. The van der Waals surface area contributed by atoms with Crippen molar-refractivity contribution in [2.75, 3.05) is 0 Å². The highest BCUT2D eigenvalue weighted by molar-refractivity contribution is 5.95. The maximum absolute atomic E-state index is 12.7. The van der Waals surface area contributed by atoms with Gasteiger partial charge in [0.2, 0.25) is 0 Å². The van der Waals surface area contributed by atoms with Crippen LogP contribution >= 0.6 is 0 Å². The first kappa shape index (κ1) is 19.1. The van der Waals surface area contributed by atoms with Gasteiger partial charge in [0, 0.05) is 29.2 Å². The summed E-state index contributed by atoms with van der Waals surface area (Å²) >= 11 is 0. The number of allylic oxidation sites excluding steroid dienone is 6. The van der Waals surface area contributed by atoms with Crippen molar-refractivity contribution in [2.24, 2.45) is 5.73 Å². The molecule has 4 nitrogen and oxygen atoms in total. The molecule has 0 aromatic rings. The van der Waals surface area contributed by atoms with Crippen molar-refractivity contribution in [2.45, 2.75) is 66.5 Å². The van der Waals surface area contributed by atoms with E-state index in [1.807, 2.05) is 26.2 Å². The Balaban J connectivity index is 2.39. The van der Waals surface area contributed by atoms with Gasteiger partial charge in [0.1, 0.15) is 6.17 Å². The van der Waals surface area contributed by atoms with Gasteiger partial charge in [-0.25, -0.2) is 0 Å². The van der Waals surface area contributed by atoms with Crippen LogP contribution < -0.4 is 11.1 Å². The molecule has 3 N–H and O–H groups in total. The second-order valence-corrected chi connectivity index (χ2v) is 6.87. The third-order valence-electron chi connectivity index (χ3n) is 4.64. The summed E-state index contributed by atoms with van der Waals surface area (Å²) < 4.78 is 0. The van der Waals surface area contributed by atoms with Crippen molar-refractivity contribution < 1.29 is 4.79 Å². The van der Waals surface area contributed by atoms with Crippen LogP contribution in [0.1, 0.15) is 60.3 Å². The van der Waals surface area contributed by atoms with Crippen LogP contribution in [0, 0.1) is 0 Å². The van der Waals surface area contributed by atoms with Crippen LogP contribution in [0.4, 0.5) is 0 Å². The van der Waals surface area contributed by atoms with Gasteiger partial charge in [0.05, 0.1) is 0 Å². The summed E-state index contributed by atoms with van der Waals surface area (Å²) in [4.78, 5) is 14.5. The number of unbranched alkanes of at least 4 members (excludes halogenated alkanes) is 1. The van der Waals surface area contributed by atoms with E-state index in [1.54, 1.807) is 4.90 Å². The fourth-order valence-corrected chi connectivity index (χ4v) is 3.38. The molecule has 1 unspecified atom stereocenters. The predicted octanol–water partition coefficient (Wildman–Crippen LogP) is 4.25. The second-order valence-electron chi connectivity index (χ2n) is 6.87. The zero-order valence-corrected chi connectivity index (χ0v) is 16.1. The highest BCUT2D eigenvalue weighted by Crippen LogP contribution is 2.33. The van der Waals surface area contributed by atoms with Crippen molar-refractivity contribution in [3.05, 3.63) is 58.1 Å². The smallest absolute Gasteiger partial charge is 0.257 e. The first-order chi connectivity index (χ1) is 11.9. The van der Waals surface area contributed by atoms with E-state index in [0.29, 0.717) is 0 Å². The van der Waals surface area contributed by atoms with Gasteiger partial charge >= 0.3 is 0 Å². The van der Waals surface area contributed by atoms with Crippen molar-refractivity contribution >= 4 is 5.91 Å².